The van der Waals surface area contributed by atoms with Gasteiger partial charge in [0.15, 0.2) is 11.6 Å². The molecule has 0 aliphatic carbocycles. The van der Waals surface area contributed by atoms with Gasteiger partial charge in [-0.15, -0.1) is 10.2 Å². The Hall–Kier alpha value is -2.93. The molecule has 1 aliphatic rings. The third kappa shape index (κ3) is 5.85. The summed E-state index contributed by atoms with van der Waals surface area (Å²) < 4.78 is 2.05. The van der Waals surface area contributed by atoms with E-state index in [-0.39, 0.29) is 0 Å². The van der Waals surface area contributed by atoms with E-state index in [0.717, 1.165) is 69.3 Å². The Kier molecular flexibility index (Phi) is 7.72. The smallest absolute Gasteiger partial charge is 0.191 e. The van der Waals surface area contributed by atoms with Gasteiger partial charge in [-0.25, -0.2) is 0 Å². The van der Waals surface area contributed by atoms with Gasteiger partial charge < -0.3 is 10.6 Å². The van der Waals surface area contributed by atoms with E-state index >= 15 is 0 Å². The summed E-state index contributed by atoms with van der Waals surface area (Å²) in [5.74, 6) is 1.92. The summed E-state index contributed by atoms with van der Waals surface area (Å²) in [4.78, 5) is 7.41. The lowest BCUT2D eigenvalue weighted by molar-refractivity contribution is 0.134. The Bertz CT molecular complexity index is 998. The lowest BCUT2D eigenvalue weighted by atomic mass is 9.97. The Morgan fingerprint density at radius 2 is 1.97 bits per heavy atom. The first-order valence-corrected chi connectivity index (χ1v) is 11.8. The van der Waals surface area contributed by atoms with Crippen molar-refractivity contribution in [3.63, 3.8) is 0 Å². The van der Waals surface area contributed by atoms with E-state index in [9.17, 15) is 0 Å². The SMILES string of the molecule is CCNC(=NCCCc1nnc2ccccn12)NC1CCN(Cc2ccccc2)C(C)C1. The van der Waals surface area contributed by atoms with Crippen LogP contribution in [0.25, 0.3) is 5.65 Å². The predicted molar refractivity (Wildman–Crippen MR) is 130 cm³/mol. The summed E-state index contributed by atoms with van der Waals surface area (Å²) in [5, 5.41) is 15.6. The van der Waals surface area contributed by atoms with E-state index in [0.29, 0.717) is 12.1 Å². The minimum absolute atomic E-state index is 0.454. The molecule has 3 aromatic rings. The molecular weight excluding hydrogens is 398 g/mol. The molecule has 1 aromatic carbocycles. The third-order valence-corrected chi connectivity index (χ3v) is 6.14. The Balaban J connectivity index is 1.26. The van der Waals surface area contributed by atoms with Gasteiger partial charge in [-0.3, -0.25) is 14.3 Å². The van der Waals surface area contributed by atoms with Crippen molar-refractivity contribution >= 4 is 11.6 Å². The monoisotopic (exact) mass is 433 g/mol. The minimum atomic E-state index is 0.454. The predicted octanol–water partition coefficient (Wildman–Crippen LogP) is 3.27. The number of hydrogen-bond donors (Lipinski definition) is 2. The molecule has 0 saturated carbocycles. The second-order valence-electron chi connectivity index (χ2n) is 8.58. The number of guanidine groups is 1. The van der Waals surface area contributed by atoms with Gasteiger partial charge in [0, 0.05) is 50.9 Å². The maximum atomic E-state index is 4.82. The summed E-state index contributed by atoms with van der Waals surface area (Å²) >= 11 is 0. The maximum absolute atomic E-state index is 4.82. The summed E-state index contributed by atoms with van der Waals surface area (Å²) in [5.41, 5.74) is 2.29. The zero-order chi connectivity index (χ0) is 22.2. The van der Waals surface area contributed by atoms with E-state index in [1.165, 1.54) is 5.56 Å². The molecule has 1 aliphatic heterocycles. The molecule has 1 fully saturated rings. The van der Waals surface area contributed by atoms with Crippen molar-refractivity contribution in [3.05, 3.63) is 66.1 Å². The van der Waals surface area contributed by atoms with Gasteiger partial charge in [-0.2, -0.15) is 0 Å². The molecule has 0 amide bonds. The highest BCUT2D eigenvalue weighted by atomic mass is 15.2. The summed E-state index contributed by atoms with van der Waals surface area (Å²) in [7, 11) is 0. The normalized spacial score (nSPS) is 19.9. The average Bonchev–Trinajstić information content (AvgIpc) is 3.22. The highest BCUT2D eigenvalue weighted by Crippen LogP contribution is 2.20. The van der Waals surface area contributed by atoms with E-state index in [4.69, 9.17) is 4.99 Å². The molecular formula is C25H35N7. The quantitative estimate of drug-likeness (QED) is 0.324. The molecule has 3 heterocycles. The van der Waals surface area contributed by atoms with Gasteiger partial charge in [-0.1, -0.05) is 36.4 Å². The molecule has 32 heavy (non-hydrogen) atoms. The molecule has 4 rings (SSSR count). The van der Waals surface area contributed by atoms with E-state index < -0.39 is 0 Å². The number of aromatic nitrogens is 3. The van der Waals surface area contributed by atoms with E-state index in [1.54, 1.807) is 0 Å². The number of nitrogens with one attached hydrogen (secondary N) is 2. The van der Waals surface area contributed by atoms with Gasteiger partial charge in [0.2, 0.25) is 0 Å². The van der Waals surface area contributed by atoms with Crippen LogP contribution in [-0.4, -0.2) is 57.2 Å². The molecule has 0 bridgehead atoms. The lowest BCUT2D eigenvalue weighted by Gasteiger charge is -2.38. The second kappa shape index (κ2) is 11.1. The zero-order valence-electron chi connectivity index (χ0n) is 19.2. The number of piperidine rings is 1. The van der Waals surface area contributed by atoms with Gasteiger partial charge in [-0.05, 0) is 50.8 Å². The molecule has 2 unspecified atom stereocenters. The molecule has 0 radical (unpaired) electrons. The van der Waals surface area contributed by atoms with Crippen molar-refractivity contribution in [2.75, 3.05) is 19.6 Å². The van der Waals surface area contributed by atoms with Crippen molar-refractivity contribution < 1.29 is 0 Å². The van der Waals surface area contributed by atoms with Crippen LogP contribution in [0.3, 0.4) is 0 Å². The fraction of sp³-hybridized carbons (Fsp3) is 0.480. The Labute approximate surface area is 191 Å². The van der Waals surface area contributed by atoms with Crippen LogP contribution in [-0.2, 0) is 13.0 Å². The minimum Gasteiger partial charge on any atom is -0.357 e. The number of aliphatic imine (C=N–C) groups is 1. The van der Waals surface area contributed by atoms with Gasteiger partial charge >= 0.3 is 0 Å². The average molecular weight is 434 g/mol. The summed E-state index contributed by atoms with van der Waals surface area (Å²) in [6, 6.07) is 17.7. The zero-order valence-corrected chi connectivity index (χ0v) is 19.2. The van der Waals surface area contributed by atoms with Crippen molar-refractivity contribution in [1.29, 1.82) is 0 Å². The topological polar surface area (TPSA) is 69.8 Å². The maximum Gasteiger partial charge on any atom is 0.191 e. The van der Waals surface area contributed by atoms with Gasteiger partial charge in [0.05, 0.1) is 0 Å². The van der Waals surface area contributed by atoms with Crippen LogP contribution < -0.4 is 10.6 Å². The third-order valence-electron chi connectivity index (χ3n) is 6.14. The number of pyridine rings is 1. The van der Waals surface area contributed by atoms with Crippen molar-refractivity contribution in [1.82, 2.24) is 30.1 Å². The summed E-state index contributed by atoms with van der Waals surface area (Å²) in [6.07, 6.45) is 6.09. The molecule has 0 spiro atoms. The van der Waals surface area contributed by atoms with E-state index in [2.05, 4.69) is 74.3 Å². The number of hydrogen-bond acceptors (Lipinski definition) is 4. The molecule has 2 atom stereocenters. The summed E-state index contributed by atoms with van der Waals surface area (Å²) in [6.45, 7) is 8.21. The molecule has 7 nitrogen and oxygen atoms in total. The number of nitrogens with zero attached hydrogens (tertiary/aromatic N) is 5. The van der Waals surface area contributed by atoms with Crippen molar-refractivity contribution in [2.45, 2.75) is 58.2 Å². The number of rotatable bonds is 8. The number of aryl methyl sites for hydroxylation is 1. The highest BCUT2D eigenvalue weighted by molar-refractivity contribution is 5.80. The van der Waals surface area contributed by atoms with Crippen molar-refractivity contribution in [3.8, 4) is 0 Å². The van der Waals surface area contributed by atoms with Crippen molar-refractivity contribution in [2.24, 2.45) is 4.99 Å². The fourth-order valence-corrected chi connectivity index (χ4v) is 4.41. The van der Waals surface area contributed by atoms with Crippen LogP contribution in [0.1, 0.15) is 44.5 Å². The molecule has 2 aromatic heterocycles. The van der Waals surface area contributed by atoms with E-state index in [1.807, 2.05) is 24.4 Å². The highest BCUT2D eigenvalue weighted by Gasteiger charge is 2.25. The van der Waals surface area contributed by atoms with Crippen LogP contribution in [0.5, 0.6) is 0 Å². The number of benzene rings is 1. The molecule has 7 heteroatoms. The van der Waals surface area contributed by atoms with Crippen LogP contribution in [0, 0.1) is 0 Å². The number of likely N-dealkylation sites (tertiary alicyclic amines) is 1. The van der Waals surface area contributed by atoms with Gasteiger partial charge in [0.25, 0.3) is 0 Å². The first-order valence-electron chi connectivity index (χ1n) is 11.8. The Morgan fingerprint density at radius 3 is 2.78 bits per heavy atom. The fourth-order valence-electron chi connectivity index (χ4n) is 4.41. The number of fused-ring (bicyclic) bond motifs is 1. The second-order valence-corrected chi connectivity index (χ2v) is 8.58. The Morgan fingerprint density at radius 1 is 1.12 bits per heavy atom. The first kappa shape index (κ1) is 22.3. The molecule has 2 N–H and O–H groups in total. The lowest BCUT2D eigenvalue weighted by Crippen LogP contribution is -2.51. The van der Waals surface area contributed by atoms with Crippen LogP contribution in [0.4, 0.5) is 0 Å². The first-order chi connectivity index (χ1) is 15.7. The van der Waals surface area contributed by atoms with Gasteiger partial charge in [0.1, 0.15) is 5.82 Å². The largest absolute Gasteiger partial charge is 0.357 e. The molecule has 170 valence electrons. The van der Waals surface area contributed by atoms with Crippen LogP contribution in [0.15, 0.2) is 59.7 Å². The molecule has 1 saturated heterocycles. The van der Waals surface area contributed by atoms with Crippen LogP contribution in [0.2, 0.25) is 0 Å². The standard InChI is InChI=1S/C25H35N7/c1-3-26-25(27-15-9-13-24-30-29-23-12-7-8-16-32(23)24)28-22-14-17-31(20(2)18-22)19-21-10-5-4-6-11-21/h4-8,10-12,16,20,22H,3,9,13-15,17-19H2,1-2H3,(H2,26,27,28). The van der Waals surface area contributed by atoms with Crippen LogP contribution >= 0.6 is 0 Å².